The summed E-state index contributed by atoms with van der Waals surface area (Å²) in [4.78, 5) is 22.3. The van der Waals surface area contributed by atoms with Crippen LogP contribution < -0.4 is 0 Å². The summed E-state index contributed by atoms with van der Waals surface area (Å²) >= 11 is 0. The van der Waals surface area contributed by atoms with Gasteiger partial charge in [-0.05, 0) is 16.8 Å². The quantitative estimate of drug-likeness (QED) is 0.813. The maximum Gasteiger partial charge on any atom is 0.338 e. The van der Waals surface area contributed by atoms with Gasteiger partial charge < -0.3 is 14.9 Å². The van der Waals surface area contributed by atoms with Gasteiger partial charge in [-0.15, -0.1) is 0 Å². The molecule has 0 saturated carbocycles. The number of hydrogen-bond donors (Lipinski definition) is 2. The van der Waals surface area contributed by atoms with Gasteiger partial charge in [-0.2, -0.15) is 0 Å². The fraction of sp³-hybridized carbons (Fsp3) is 0.143. The van der Waals surface area contributed by atoms with Crippen LogP contribution >= 0.6 is 0 Å². The number of esters is 1. The lowest BCUT2D eigenvalue weighted by atomic mass is 10.1. The molecule has 0 fully saturated rings. The normalized spacial score (nSPS) is 12.1. The lowest BCUT2D eigenvalue weighted by Crippen LogP contribution is -2.27. The highest BCUT2D eigenvalue weighted by Crippen LogP contribution is 2.19. The van der Waals surface area contributed by atoms with E-state index in [0.717, 1.165) is 10.8 Å². The highest BCUT2D eigenvalue weighted by atomic mass is 16.5. The number of ether oxygens (including phenoxy) is 1. The SMILES string of the molecule is O=C(OCC(O)C(=O)O)c1cccc2ccccc12. The van der Waals surface area contributed by atoms with Crippen LogP contribution in [0, 0.1) is 0 Å². The molecule has 0 amide bonds. The molecule has 0 aliphatic heterocycles. The topological polar surface area (TPSA) is 83.8 Å². The first-order chi connectivity index (χ1) is 9.09. The molecule has 0 aliphatic carbocycles. The molecule has 0 aliphatic rings. The third kappa shape index (κ3) is 2.89. The lowest BCUT2D eigenvalue weighted by Gasteiger charge is -2.09. The second-order valence-corrected chi connectivity index (χ2v) is 3.98. The third-order valence-electron chi connectivity index (χ3n) is 2.67. The Labute approximate surface area is 109 Å². The van der Waals surface area contributed by atoms with E-state index in [-0.39, 0.29) is 0 Å². The van der Waals surface area contributed by atoms with Gasteiger partial charge in [0.25, 0.3) is 0 Å². The summed E-state index contributed by atoms with van der Waals surface area (Å²) in [5.41, 5.74) is 0.343. The fourth-order valence-electron chi connectivity index (χ4n) is 1.71. The van der Waals surface area contributed by atoms with E-state index in [0.29, 0.717) is 5.56 Å². The van der Waals surface area contributed by atoms with Gasteiger partial charge >= 0.3 is 11.9 Å². The van der Waals surface area contributed by atoms with Gasteiger partial charge in [0.05, 0.1) is 5.56 Å². The van der Waals surface area contributed by atoms with Crippen LogP contribution in [-0.2, 0) is 9.53 Å². The molecule has 2 N–H and O–H groups in total. The first kappa shape index (κ1) is 13.0. The second kappa shape index (κ2) is 5.49. The Bertz CT molecular complexity index is 615. The molecule has 2 aromatic carbocycles. The maximum atomic E-state index is 11.9. The van der Waals surface area contributed by atoms with Crippen molar-refractivity contribution >= 4 is 22.7 Å². The Morgan fingerprint density at radius 3 is 2.53 bits per heavy atom. The standard InChI is InChI=1S/C14H12O5/c15-12(13(16)17)8-19-14(18)11-7-3-5-9-4-1-2-6-10(9)11/h1-7,12,15H,8H2,(H,16,17). The number of carbonyl (C=O) groups is 2. The van der Waals surface area contributed by atoms with Crippen LogP contribution in [0.2, 0.25) is 0 Å². The minimum absolute atomic E-state index is 0.343. The summed E-state index contributed by atoms with van der Waals surface area (Å²) in [6.45, 7) is -0.572. The van der Waals surface area contributed by atoms with Crippen LogP contribution in [0.4, 0.5) is 0 Å². The molecule has 0 bridgehead atoms. The van der Waals surface area contributed by atoms with Gasteiger partial charge in [0.2, 0.25) is 0 Å². The molecule has 0 spiro atoms. The van der Waals surface area contributed by atoms with Crippen molar-refractivity contribution in [3.8, 4) is 0 Å². The number of aliphatic carboxylic acids is 1. The number of carbonyl (C=O) groups excluding carboxylic acids is 1. The number of aliphatic hydroxyl groups excluding tert-OH is 1. The smallest absolute Gasteiger partial charge is 0.338 e. The molecule has 0 saturated heterocycles. The minimum atomic E-state index is -1.71. The first-order valence-corrected chi connectivity index (χ1v) is 5.65. The van der Waals surface area contributed by atoms with E-state index in [4.69, 9.17) is 14.9 Å². The summed E-state index contributed by atoms with van der Waals surface area (Å²) < 4.78 is 4.79. The molecule has 5 heteroatoms. The number of fused-ring (bicyclic) bond motifs is 1. The van der Waals surface area contributed by atoms with Crippen molar-refractivity contribution in [3.63, 3.8) is 0 Å². The maximum absolute atomic E-state index is 11.9. The van der Waals surface area contributed by atoms with E-state index >= 15 is 0 Å². The van der Waals surface area contributed by atoms with Crippen molar-refractivity contribution < 1.29 is 24.5 Å². The zero-order valence-electron chi connectivity index (χ0n) is 9.95. The van der Waals surface area contributed by atoms with Gasteiger partial charge in [0, 0.05) is 0 Å². The lowest BCUT2D eigenvalue weighted by molar-refractivity contribution is -0.148. The molecule has 1 unspecified atom stereocenters. The van der Waals surface area contributed by atoms with Gasteiger partial charge in [-0.25, -0.2) is 9.59 Å². The second-order valence-electron chi connectivity index (χ2n) is 3.98. The van der Waals surface area contributed by atoms with Gasteiger partial charge in [-0.1, -0.05) is 36.4 Å². The number of carboxylic acids is 1. The molecule has 0 heterocycles. The Morgan fingerprint density at radius 1 is 1.11 bits per heavy atom. The molecule has 0 radical (unpaired) electrons. The van der Waals surface area contributed by atoms with Crippen molar-refractivity contribution in [2.45, 2.75) is 6.10 Å². The molecule has 19 heavy (non-hydrogen) atoms. The van der Waals surface area contributed by atoms with Gasteiger partial charge in [-0.3, -0.25) is 0 Å². The van der Waals surface area contributed by atoms with Gasteiger partial charge in [0.15, 0.2) is 6.10 Å². The number of aliphatic hydroxyl groups is 1. The molecular formula is C14H12O5. The van der Waals surface area contributed by atoms with Crippen molar-refractivity contribution in [3.05, 3.63) is 48.0 Å². The predicted octanol–water partition coefficient (Wildman–Crippen LogP) is 1.44. The monoisotopic (exact) mass is 260 g/mol. The van der Waals surface area contributed by atoms with Crippen LogP contribution in [0.15, 0.2) is 42.5 Å². The molecule has 5 nitrogen and oxygen atoms in total. The summed E-state index contributed by atoms with van der Waals surface area (Å²) in [5, 5.41) is 19.2. The van der Waals surface area contributed by atoms with E-state index in [1.165, 1.54) is 0 Å². The summed E-state index contributed by atoms with van der Waals surface area (Å²) in [7, 11) is 0. The first-order valence-electron chi connectivity index (χ1n) is 5.65. The molecule has 0 aromatic heterocycles. The number of rotatable bonds is 4. The fourth-order valence-corrected chi connectivity index (χ4v) is 1.71. The average molecular weight is 260 g/mol. The summed E-state index contributed by atoms with van der Waals surface area (Å²) in [6.07, 6.45) is -1.71. The third-order valence-corrected chi connectivity index (χ3v) is 2.67. The van der Waals surface area contributed by atoms with Crippen LogP contribution in [0.1, 0.15) is 10.4 Å². The molecule has 98 valence electrons. The highest BCUT2D eigenvalue weighted by molar-refractivity contribution is 6.04. The van der Waals surface area contributed by atoms with Crippen LogP contribution in [-0.4, -0.2) is 34.9 Å². The highest BCUT2D eigenvalue weighted by Gasteiger charge is 2.17. The Kier molecular flexibility index (Phi) is 3.77. The molecule has 2 rings (SSSR count). The molecule has 2 aromatic rings. The Hall–Kier alpha value is -2.40. The van der Waals surface area contributed by atoms with Gasteiger partial charge in [0.1, 0.15) is 6.61 Å². The van der Waals surface area contributed by atoms with E-state index in [2.05, 4.69) is 0 Å². The van der Waals surface area contributed by atoms with Crippen molar-refractivity contribution in [2.24, 2.45) is 0 Å². The zero-order chi connectivity index (χ0) is 13.8. The Balaban J connectivity index is 2.20. The van der Waals surface area contributed by atoms with Crippen LogP contribution in [0.25, 0.3) is 10.8 Å². The van der Waals surface area contributed by atoms with Crippen molar-refractivity contribution in [1.29, 1.82) is 0 Å². The molecular weight excluding hydrogens is 248 g/mol. The average Bonchev–Trinajstić information content (AvgIpc) is 2.43. The van der Waals surface area contributed by atoms with E-state index in [1.807, 2.05) is 18.2 Å². The van der Waals surface area contributed by atoms with Crippen LogP contribution in [0.3, 0.4) is 0 Å². The summed E-state index contributed by atoms with van der Waals surface area (Å²) in [6, 6.07) is 12.5. The number of carboxylic acid groups (broad SMARTS) is 1. The van der Waals surface area contributed by atoms with Crippen molar-refractivity contribution in [1.82, 2.24) is 0 Å². The molecule has 1 atom stereocenters. The zero-order valence-corrected chi connectivity index (χ0v) is 9.95. The Morgan fingerprint density at radius 2 is 1.79 bits per heavy atom. The van der Waals surface area contributed by atoms with E-state index < -0.39 is 24.6 Å². The predicted molar refractivity (Wildman–Crippen MR) is 67.9 cm³/mol. The minimum Gasteiger partial charge on any atom is -0.479 e. The van der Waals surface area contributed by atoms with Crippen molar-refractivity contribution in [2.75, 3.05) is 6.61 Å². The van der Waals surface area contributed by atoms with Crippen LogP contribution in [0.5, 0.6) is 0 Å². The largest absolute Gasteiger partial charge is 0.479 e. The number of hydrogen-bond acceptors (Lipinski definition) is 4. The number of benzene rings is 2. The van der Waals surface area contributed by atoms with E-state index in [9.17, 15) is 9.59 Å². The summed E-state index contributed by atoms with van der Waals surface area (Å²) in [5.74, 6) is -2.08. The van der Waals surface area contributed by atoms with E-state index in [1.54, 1.807) is 24.3 Å².